The van der Waals surface area contributed by atoms with Crippen molar-refractivity contribution in [2.24, 2.45) is 0 Å². The van der Waals surface area contributed by atoms with E-state index in [1.54, 1.807) is 6.07 Å². The normalized spacial score (nSPS) is 13.6. The predicted octanol–water partition coefficient (Wildman–Crippen LogP) is 3.91. The van der Waals surface area contributed by atoms with Crippen molar-refractivity contribution in [3.63, 3.8) is 0 Å². The monoisotopic (exact) mass is 287 g/mol. The van der Waals surface area contributed by atoms with Crippen molar-refractivity contribution in [1.82, 2.24) is 0 Å². The number of fused-ring (bicyclic) bond motifs is 1. The van der Waals surface area contributed by atoms with Crippen LogP contribution in [0.4, 0.5) is 10.1 Å². The highest BCUT2D eigenvalue weighted by molar-refractivity contribution is 5.52. The van der Waals surface area contributed by atoms with E-state index in [0.717, 1.165) is 34.7 Å². The van der Waals surface area contributed by atoms with Gasteiger partial charge in [0.1, 0.15) is 5.82 Å². The molecule has 0 bridgehead atoms. The lowest BCUT2D eigenvalue weighted by molar-refractivity contribution is 0.297. The molecule has 110 valence electrons. The molecule has 4 heteroatoms. The summed E-state index contributed by atoms with van der Waals surface area (Å²) < 4.78 is 24.5. The molecule has 3 nitrogen and oxygen atoms in total. The number of benzene rings is 2. The van der Waals surface area contributed by atoms with Crippen LogP contribution in [0.2, 0.25) is 0 Å². The second kappa shape index (κ2) is 6.04. The van der Waals surface area contributed by atoms with Gasteiger partial charge in [-0.25, -0.2) is 4.39 Å². The summed E-state index contributed by atoms with van der Waals surface area (Å²) in [5.41, 5.74) is 2.90. The summed E-state index contributed by atoms with van der Waals surface area (Å²) in [6.07, 6.45) is 0.894. The molecule has 1 aliphatic rings. The highest BCUT2D eigenvalue weighted by Crippen LogP contribution is 2.30. The Morgan fingerprint density at radius 2 is 1.86 bits per heavy atom. The van der Waals surface area contributed by atoms with Gasteiger partial charge in [-0.05, 0) is 42.3 Å². The van der Waals surface area contributed by atoms with E-state index in [4.69, 9.17) is 9.47 Å². The molecule has 1 aliphatic heterocycles. The van der Waals surface area contributed by atoms with Gasteiger partial charge in [-0.3, -0.25) is 0 Å². The largest absolute Gasteiger partial charge is 0.490 e. The Kier molecular flexibility index (Phi) is 3.95. The van der Waals surface area contributed by atoms with Crippen LogP contribution in [0.3, 0.4) is 0 Å². The zero-order chi connectivity index (χ0) is 14.7. The second-order valence-corrected chi connectivity index (χ2v) is 5.14. The molecule has 21 heavy (non-hydrogen) atoms. The topological polar surface area (TPSA) is 30.5 Å². The first kappa shape index (κ1) is 13.7. The van der Waals surface area contributed by atoms with Crippen LogP contribution in [0.25, 0.3) is 0 Å². The third-order valence-electron chi connectivity index (χ3n) is 3.49. The fraction of sp³-hybridized carbons (Fsp3) is 0.294. The zero-order valence-electron chi connectivity index (χ0n) is 12.0. The molecule has 0 saturated heterocycles. The van der Waals surface area contributed by atoms with Crippen LogP contribution in [-0.2, 0) is 6.54 Å². The van der Waals surface area contributed by atoms with E-state index in [0.29, 0.717) is 19.8 Å². The third-order valence-corrected chi connectivity index (χ3v) is 3.49. The molecule has 1 heterocycles. The standard InChI is InChI=1S/C17H18FNO2/c1-12-3-5-14(18)10-15(12)19-11-13-4-6-16-17(9-13)21-8-2-7-20-16/h3-6,9-10,19H,2,7-8,11H2,1H3. The van der Waals surface area contributed by atoms with Gasteiger partial charge in [0.2, 0.25) is 0 Å². The molecule has 0 atom stereocenters. The fourth-order valence-corrected chi connectivity index (χ4v) is 2.30. The minimum atomic E-state index is -0.234. The Hall–Kier alpha value is -2.23. The molecule has 0 amide bonds. The molecule has 0 saturated carbocycles. The van der Waals surface area contributed by atoms with Crippen molar-refractivity contribution in [2.75, 3.05) is 18.5 Å². The van der Waals surface area contributed by atoms with Crippen molar-refractivity contribution < 1.29 is 13.9 Å². The van der Waals surface area contributed by atoms with Crippen molar-refractivity contribution in [3.8, 4) is 11.5 Å². The van der Waals surface area contributed by atoms with E-state index < -0.39 is 0 Å². The maximum atomic E-state index is 13.3. The van der Waals surface area contributed by atoms with E-state index in [2.05, 4.69) is 5.32 Å². The number of nitrogens with one attached hydrogen (secondary N) is 1. The maximum absolute atomic E-state index is 13.3. The molecule has 1 N–H and O–H groups in total. The van der Waals surface area contributed by atoms with Crippen molar-refractivity contribution in [2.45, 2.75) is 19.9 Å². The quantitative estimate of drug-likeness (QED) is 0.928. The van der Waals surface area contributed by atoms with E-state index >= 15 is 0 Å². The van der Waals surface area contributed by atoms with Gasteiger partial charge in [0.15, 0.2) is 11.5 Å². The Bertz CT molecular complexity index is 643. The highest BCUT2D eigenvalue weighted by Gasteiger charge is 2.10. The molecule has 0 fully saturated rings. The molecule has 2 aromatic carbocycles. The first-order valence-corrected chi connectivity index (χ1v) is 7.11. The highest BCUT2D eigenvalue weighted by atomic mass is 19.1. The first-order chi connectivity index (χ1) is 10.2. The number of anilines is 1. The number of hydrogen-bond donors (Lipinski definition) is 1. The van der Waals surface area contributed by atoms with E-state index in [-0.39, 0.29) is 5.82 Å². The molecule has 0 aliphatic carbocycles. The number of hydrogen-bond acceptors (Lipinski definition) is 3. The molecular formula is C17H18FNO2. The van der Waals surface area contributed by atoms with Crippen LogP contribution in [0.15, 0.2) is 36.4 Å². The Balaban J connectivity index is 1.73. The minimum Gasteiger partial charge on any atom is -0.490 e. The van der Waals surface area contributed by atoms with Gasteiger partial charge in [0, 0.05) is 18.7 Å². The van der Waals surface area contributed by atoms with Crippen LogP contribution >= 0.6 is 0 Å². The number of ether oxygens (including phenoxy) is 2. The van der Waals surface area contributed by atoms with Gasteiger partial charge >= 0.3 is 0 Å². The molecular weight excluding hydrogens is 269 g/mol. The zero-order valence-corrected chi connectivity index (χ0v) is 12.0. The maximum Gasteiger partial charge on any atom is 0.161 e. The Labute approximate surface area is 123 Å². The van der Waals surface area contributed by atoms with Gasteiger partial charge in [0.25, 0.3) is 0 Å². The summed E-state index contributed by atoms with van der Waals surface area (Å²) in [4.78, 5) is 0. The summed E-state index contributed by atoms with van der Waals surface area (Å²) in [5, 5.41) is 3.26. The van der Waals surface area contributed by atoms with Crippen LogP contribution in [0, 0.1) is 12.7 Å². The van der Waals surface area contributed by atoms with Crippen LogP contribution in [0.5, 0.6) is 11.5 Å². The van der Waals surface area contributed by atoms with Crippen molar-refractivity contribution in [3.05, 3.63) is 53.3 Å². The van der Waals surface area contributed by atoms with Gasteiger partial charge < -0.3 is 14.8 Å². The van der Waals surface area contributed by atoms with Gasteiger partial charge in [0.05, 0.1) is 13.2 Å². The second-order valence-electron chi connectivity index (χ2n) is 5.14. The summed E-state index contributed by atoms with van der Waals surface area (Å²) in [7, 11) is 0. The number of rotatable bonds is 3. The molecule has 0 spiro atoms. The summed E-state index contributed by atoms with van der Waals surface area (Å²) in [5.74, 6) is 1.34. The molecule has 2 aromatic rings. The Morgan fingerprint density at radius 3 is 2.71 bits per heavy atom. The van der Waals surface area contributed by atoms with E-state index in [1.807, 2.05) is 25.1 Å². The van der Waals surface area contributed by atoms with Gasteiger partial charge in [-0.1, -0.05) is 12.1 Å². The lowest BCUT2D eigenvalue weighted by Crippen LogP contribution is -2.02. The Morgan fingerprint density at radius 1 is 1.05 bits per heavy atom. The third kappa shape index (κ3) is 3.27. The fourth-order valence-electron chi connectivity index (χ4n) is 2.30. The van der Waals surface area contributed by atoms with Crippen LogP contribution < -0.4 is 14.8 Å². The average Bonchev–Trinajstić information content (AvgIpc) is 2.73. The average molecular weight is 287 g/mol. The molecule has 0 aromatic heterocycles. The van der Waals surface area contributed by atoms with Crippen molar-refractivity contribution >= 4 is 5.69 Å². The SMILES string of the molecule is Cc1ccc(F)cc1NCc1ccc2c(c1)OCCCO2. The molecule has 0 radical (unpaired) electrons. The summed E-state index contributed by atoms with van der Waals surface area (Å²) in [6, 6.07) is 10.6. The predicted molar refractivity (Wildman–Crippen MR) is 80.5 cm³/mol. The lowest BCUT2D eigenvalue weighted by Gasteiger charge is -2.12. The van der Waals surface area contributed by atoms with Gasteiger partial charge in [-0.2, -0.15) is 0 Å². The number of halogens is 1. The van der Waals surface area contributed by atoms with Crippen molar-refractivity contribution in [1.29, 1.82) is 0 Å². The van der Waals surface area contributed by atoms with Gasteiger partial charge in [-0.15, -0.1) is 0 Å². The minimum absolute atomic E-state index is 0.234. The van der Waals surface area contributed by atoms with E-state index in [1.165, 1.54) is 12.1 Å². The van der Waals surface area contributed by atoms with E-state index in [9.17, 15) is 4.39 Å². The smallest absolute Gasteiger partial charge is 0.161 e. The molecule has 0 unspecified atom stereocenters. The van der Waals surface area contributed by atoms with Crippen LogP contribution in [0.1, 0.15) is 17.5 Å². The summed E-state index contributed by atoms with van der Waals surface area (Å²) in [6.45, 7) is 3.93. The lowest BCUT2D eigenvalue weighted by atomic mass is 10.1. The first-order valence-electron chi connectivity index (χ1n) is 7.11. The molecule has 3 rings (SSSR count). The number of aryl methyl sites for hydroxylation is 1. The van der Waals surface area contributed by atoms with Crippen LogP contribution in [-0.4, -0.2) is 13.2 Å². The summed E-state index contributed by atoms with van der Waals surface area (Å²) >= 11 is 0.